The molecule has 3 N–H and O–H groups in total. The summed E-state index contributed by atoms with van der Waals surface area (Å²) in [5.41, 5.74) is 3.31. The van der Waals surface area contributed by atoms with E-state index in [4.69, 9.17) is 9.47 Å². The number of H-pyrrole nitrogens is 1. The number of aromatic nitrogens is 1. The van der Waals surface area contributed by atoms with Crippen LogP contribution in [-0.4, -0.2) is 62.7 Å². The highest BCUT2D eigenvalue weighted by Gasteiger charge is 2.22. The third-order valence-electron chi connectivity index (χ3n) is 5.80. The number of fused-ring (bicyclic) bond motifs is 2. The van der Waals surface area contributed by atoms with Crippen LogP contribution in [0, 0.1) is 0 Å². The third-order valence-corrected chi connectivity index (χ3v) is 5.80. The number of nitrogens with one attached hydrogen (secondary N) is 3. The van der Waals surface area contributed by atoms with Gasteiger partial charge in [-0.2, -0.15) is 0 Å². The summed E-state index contributed by atoms with van der Waals surface area (Å²) in [6.07, 6.45) is 3.61. The molecule has 4 rings (SSSR count). The monoisotopic (exact) mass is 577 g/mol. The van der Waals surface area contributed by atoms with E-state index in [1.54, 1.807) is 26.1 Å². The molecule has 1 aliphatic heterocycles. The van der Waals surface area contributed by atoms with E-state index in [-0.39, 0.29) is 42.5 Å². The first kappa shape index (κ1) is 25.7. The largest absolute Gasteiger partial charge is 0.496 e. The van der Waals surface area contributed by atoms with Crippen LogP contribution in [0.1, 0.15) is 23.6 Å². The number of ether oxygens (including phenoxy) is 2. The molecule has 34 heavy (non-hydrogen) atoms. The number of nitrogens with zero attached hydrogens (tertiary/aromatic N) is 2. The summed E-state index contributed by atoms with van der Waals surface area (Å²) in [4.78, 5) is 21.6. The van der Waals surface area contributed by atoms with Crippen molar-refractivity contribution in [3.8, 4) is 11.5 Å². The average Bonchev–Trinajstić information content (AvgIpc) is 3.25. The minimum Gasteiger partial charge on any atom is -0.496 e. The zero-order valence-corrected chi connectivity index (χ0v) is 22.1. The van der Waals surface area contributed by atoms with Crippen LogP contribution in [0.5, 0.6) is 11.5 Å². The van der Waals surface area contributed by atoms with Crippen molar-refractivity contribution in [2.45, 2.75) is 18.9 Å². The number of methoxy groups -OCH3 is 1. The number of aliphatic imine (C=N–C) groups is 1. The lowest BCUT2D eigenvalue weighted by molar-refractivity contribution is -0.127. The molecular formula is C25H32IN5O3. The van der Waals surface area contributed by atoms with Crippen molar-refractivity contribution in [1.29, 1.82) is 0 Å². The summed E-state index contributed by atoms with van der Waals surface area (Å²) in [7, 11) is 5.15. The smallest absolute Gasteiger partial charge is 0.243 e. The van der Waals surface area contributed by atoms with Crippen LogP contribution in [-0.2, 0) is 11.2 Å². The van der Waals surface area contributed by atoms with Gasteiger partial charge in [0.1, 0.15) is 18.0 Å². The standard InChI is InChI=1S/C25H31N5O3.HI/c1-30(2)23(31)16-28-25(29-19-12-14-33-21-9-5-4-7-18(19)21)26-13-11-17-15-27-20-8-6-10-22(32-3)24(17)20;/h4-10,15,19,27H,11-14,16H2,1-3H3,(H2,26,28,29);1H. The van der Waals surface area contributed by atoms with Gasteiger partial charge < -0.3 is 30.0 Å². The maximum atomic E-state index is 12.1. The molecule has 8 nitrogen and oxygen atoms in total. The van der Waals surface area contributed by atoms with Gasteiger partial charge in [-0.25, -0.2) is 4.99 Å². The fourth-order valence-electron chi connectivity index (χ4n) is 4.00. The molecular weight excluding hydrogens is 545 g/mol. The lowest BCUT2D eigenvalue weighted by Crippen LogP contribution is -2.42. The molecule has 9 heteroatoms. The van der Waals surface area contributed by atoms with Gasteiger partial charge in [0.25, 0.3) is 0 Å². The van der Waals surface area contributed by atoms with Gasteiger partial charge in [-0.1, -0.05) is 24.3 Å². The molecule has 3 aromatic rings. The van der Waals surface area contributed by atoms with Gasteiger partial charge in [-0.05, 0) is 30.2 Å². The number of para-hydroxylation sites is 1. The molecule has 0 saturated carbocycles. The number of likely N-dealkylation sites (N-methyl/N-ethyl adjacent to an activating group) is 1. The third kappa shape index (κ3) is 5.94. The van der Waals surface area contributed by atoms with Crippen molar-refractivity contribution in [1.82, 2.24) is 20.5 Å². The van der Waals surface area contributed by atoms with Crippen molar-refractivity contribution in [3.63, 3.8) is 0 Å². The summed E-state index contributed by atoms with van der Waals surface area (Å²) >= 11 is 0. The lowest BCUT2D eigenvalue weighted by Gasteiger charge is -2.28. The van der Waals surface area contributed by atoms with Crippen molar-refractivity contribution >= 4 is 46.7 Å². The molecule has 1 atom stereocenters. The maximum Gasteiger partial charge on any atom is 0.243 e. The molecule has 2 heterocycles. The minimum atomic E-state index is -0.0511. The number of rotatable bonds is 7. The number of hydrogen-bond donors (Lipinski definition) is 3. The predicted octanol–water partition coefficient (Wildman–Crippen LogP) is 3.48. The first-order valence-corrected chi connectivity index (χ1v) is 11.2. The Morgan fingerprint density at radius 3 is 2.85 bits per heavy atom. The summed E-state index contributed by atoms with van der Waals surface area (Å²) in [6, 6.07) is 14.1. The van der Waals surface area contributed by atoms with Crippen LogP contribution in [0.15, 0.2) is 53.7 Å². The van der Waals surface area contributed by atoms with Gasteiger partial charge >= 0.3 is 0 Å². The highest BCUT2D eigenvalue weighted by Crippen LogP contribution is 2.31. The number of benzene rings is 2. The molecule has 0 spiro atoms. The predicted molar refractivity (Wildman–Crippen MR) is 145 cm³/mol. The van der Waals surface area contributed by atoms with E-state index < -0.39 is 0 Å². The molecule has 1 unspecified atom stereocenters. The quantitative estimate of drug-likeness (QED) is 0.227. The van der Waals surface area contributed by atoms with Crippen molar-refractivity contribution in [3.05, 3.63) is 59.8 Å². The van der Waals surface area contributed by atoms with Crippen LogP contribution in [0.3, 0.4) is 0 Å². The molecule has 1 aromatic heterocycles. The zero-order chi connectivity index (χ0) is 23.2. The maximum absolute atomic E-state index is 12.1. The molecule has 0 saturated heterocycles. The molecule has 0 bridgehead atoms. The molecule has 0 aliphatic carbocycles. The topological polar surface area (TPSA) is 91.0 Å². The second-order valence-corrected chi connectivity index (χ2v) is 8.20. The van der Waals surface area contributed by atoms with E-state index in [1.165, 1.54) is 0 Å². The second-order valence-electron chi connectivity index (χ2n) is 8.20. The number of carbonyl (C=O) groups excluding carboxylic acids is 1. The SMILES string of the molecule is COc1cccc2[nH]cc(CCNC(=NCC(=O)N(C)C)NC3CCOc4ccccc43)c12.I. The number of amides is 1. The lowest BCUT2D eigenvalue weighted by atomic mass is 10.0. The van der Waals surface area contributed by atoms with Gasteiger partial charge in [0.15, 0.2) is 5.96 Å². The number of guanidine groups is 1. The van der Waals surface area contributed by atoms with E-state index >= 15 is 0 Å². The molecule has 2 aromatic carbocycles. The highest BCUT2D eigenvalue weighted by atomic mass is 127. The van der Waals surface area contributed by atoms with Crippen LogP contribution < -0.4 is 20.1 Å². The summed E-state index contributed by atoms with van der Waals surface area (Å²) in [6.45, 7) is 1.36. The normalized spacial score (nSPS) is 15.0. The fraction of sp³-hybridized carbons (Fsp3) is 0.360. The van der Waals surface area contributed by atoms with Gasteiger partial charge in [-0.15, -0.1) is 24.0 Å². The fourth-order valence-corrected chi connectivity index (χ4v) is 4.00. The molecule has 1 amide bonds. The summed E-state index contributed by atoms with van der Waals surface area (Å²) in [5, 5.41) is 8.00. The Morgan fingerprint density at radius 1 is 1.24 bits per heavy atom. The second kappa shape index (κ2) is 12.0. The molecule has 0 fully saturated rings. The summed E-state index contributed by atoms with van der Waals surface area (Å²) in [5.74, 6) is 2.30. The van der Waals surface area contributed by atoms with Crippen LogP contribution >= 0.6 is 24.0 Å². The van der Waals surface area contributed by atoms with Crippen LogP contribution in [0.4, 0.5) is 0 Å². The Bertz CT molecular complexity index is 1140. The first-order valence-electron chi connectivity index (χ1n) is 11.2. The molecule has 0 radical (unpaired) electrons. The average molecular weight is 577 g/mol. The van der Waals surface area contributed by atoms with E-state index in [2.05, 4.69) is 26.7 Å². The Hall–Kier alpha value is -2.95. The van der Waals surface area contributed by atoms with Gasteiger partial charge in [0.05, 0.1) is 19.8 Å². The number of halogens is 1. The van der Waals surface area contributed by atoms with Gasteiger partial charge in [0.2, 0.25) is 5.91 Å². The summed E-state index contributed by atoms with van der Waals surface area (Å²) < 4.78 is 11.3. The van der Waals surface area contributed by atoms with E-state index in [1.807, 2.05) is 42.6 Å². The highest BCUT2D eigenvalue weighted by molar-refractivity contribution is 14.0. The van der Waals surface area contributed by atoms with E-state index in [0.29, 0.717) is 19.1 Å². The molecule has 1 aliphatic rings. The van der Waals surface area contributed by atoms with Crippen molar-refractivity contribution in [2.75, 3.05) is 40.9 Å². The Kier molecular flexibility index (Phi) is 9.03. The Labute approximate surface area is 217 Å². The van der Waals surface area contributed by atoms with Crippen LogP contribution in [0.25, 0.3) is 10.9 Å². The zero-order valence-electron chi connectivity index (χ0n) is 19.8. The number of aromatic amines is 1. The van der Waals surface area contributed by atoms with E-state index in [9.17, 15) is 4.79 Å². The van der Waals surface area contributed by atoms with Crippen LogP contribution in [0.2, 0.25) is 0 Å². The Balaban J connectivity index is 0.00000324. The number of hydrogen-bond acceptors (Lipinski definition) is 4. The first-order chi connectivity index (χ1) is 16.1. The van der Waals surface area contributed by atoms with Crippen molar-refractivity contribution < 1.29 is 14.3 Å². The van der Waals surface area contributed by atoms with Gasteiger partial charge in [-0.3, -0.25) is 4.79 Å². The Morgan fingerprint density at radius 2 is 2.06 bits per heavy atom. The molecule has 182 valence electrons. The van der Waals surface area contributed by atoms with E-state index in [0.717, 1.165) is 46.4 Å². The number of carbonyl (C=O) groups is 1. The minimum absolute atomic E-state index is 0. The van der Waals surface area contributed by atoms with Gasteiger partial charge in [0, 0.05) is 49.7 Å². The van der Waals surface area contributed by atoms with Crippen molar-refractivity contribution in [2.24, 2.45) is 4.99 Å².